The average Bonchev–Trinajstić information content (AvgIpc) is 3.18. The van der Waals surface area contributed by atoms with Crippen LogP contribution >= 0.6 is 0 Å². The van der Waals surface area contributed by atoms with E-state index in [0.717, 1.165) is 28.3 Å². The van der Waals surface area contributed by atoms with Crippen LogP contribution in [-0.2, 0) is 4.79 Å². The van der Waals surface area contributed by atoms with E-state index in [-0.39, 0.29) is 5.91 Å². The first kappa shape index (κ1) is 20.5. The highest BCUT2D eigenvalue weighted by atomic mass is 16.1. The maximum atomic E-state index is 12.3. The molecule has 1 aromatic carbocycles. The summed E-state index contributed by atoms with van der Waals surface area (Å²) in [5, 5.41) is 10.9. The highest BCUT2D eigenvalue weighted by molar-refractivity contribution is 5.90. The smallest absolute Gasteiger partial charge is 0.254 e. The number of pyridine rings is 1. The van der Waals surface area contributed by atoms with E-state index in [4.69, 9.17) is 0 Å². The molecule has 1 amide bonds. The number of carbonyl (C=O) groups is 1. The Morgan fingerprint density at radius 2 is 1.94 bits per heavy atom. The van der Waals surface area contributed by atoms with E-state index in [2.05, 4.69) is 37.6 Å². The number of rotatable bonds is 7. The molecule has 0 aliphatic heterocycles. The molecule has 0 fully saturated rings. The van der Waals surface area contributed by atoms with Crippen molar-refractivity contribution in [2.75, 3.05) is 17.2 Å². The van der Waals surface area contributed by atoms with E-state index in [0.29, 0.717) is 31.0 Å². The minimum absolute atomic E-state index is 0.000675. The summed E-state index contributed by atoms with van der Waals surface area (Å²) in [5.74, 6) is 1.89. The first-order chi connectivity index (χ1) is 15.0. The average molecular weight is 416 g/mol. The third-order valence-corrected chi connectivity index (χ3v) is 5.04. The van der Waals surface area contributed by atoms with Gasteiger partial charge in [-0.3, -0.25) is 9.78 Å². The van der Waals surface area contributed by atoms with Gasteiger partial charge >= 0.3 is 0 Å². The van der Waals surface area contributed by atoms with E-state index < -0.39 is 0 Å². The molecule has 3 heterocycles. The van der Waals surface area contributed by atoms with Gasteiger partial charge in [0.05, 0.1) is 0 Å². The number of carbonyl (C=O) groups excluding carboxylic acids is 1. The first-order valence-electron chi connectivity index (χ1n) is 10.3. The Morgan fingerprint density at radius 3 is 2.71 bits per heavy atom. The van der Waals surface area contributed by atoms with Crippen molar-refractivity contribution in [2.24, 2.45) is 0 Å². The topological polar surface area (TPSA) is 97.1 Å². The molecular formula is C23H25N7O. The summed E-state index contributed by atoms with van der Waals surface area (Å²) in [6.45, 7) is 6.64. The molecule has 0 unspecified atom stereocenters. The van der Waals surface area contributed by atoms with Crippen LogP contribution in [0.15, 0.2) is 48.8 Å². The van der Waals surface area contributed by atoms with Crippen molar-refractivity contribution in [1.29, 1.82) is 0 Å². The molecule has 3 aromatic heterocycles. The summed E-state index contributed by atoms with van der Waals surface area (Å²) in [4.78, 5) is 25.4. The van der Waals surface area contributed by atoms with Gasteiger partial charge in [-0.25, -0.2) is 4.98 Å². The zero-order chi connectivity index (χ0) is 21.8. The normalized spacial score (nSPS) is 10.9. The van der Waals surface area contributed by atoms with Crippen LogP contribution in [0.5, 0.6) is 0 Å². The molecule has 0 radical (unpaired) electrons. The molecule has 0 aliphatic carbocycles. The predicted octanol–water partition coefficient (Wildman–Crippen LogP) is 3.94. The lowest BCUT2D eigenvalue weighted by atomic mass is 10.1. The maximum absolute atomic E-state index is 12.3. The summed E-state index contributed by atoms with van der Waals surface area (Å²) in [7, 11) is 0. The van der Waals surface area contributed by atoms with Gasteiger partial charge in [0.15, 0.2) is 5.82 Å². The van der Waals surface area contributed by atoms with Crippen LogP contribution in [0, 0.1) is 20.8 Å². The zero-order valence-electron chi connectivity index (χ0n) is 17.9. The highest BCUT2D eigenvalue weighted by Gasteiger charge is 2.12. The number of benzene rings is 1. The van der Waals surface area contributed by atoms with Gasteiger partial charge < -0.3 is 10.6 Å². The Balaban J connectivity index is 1.38. The van der Waals surface area contributed by atoms with Crippen molar-refractivity contribution < 1.29 is 4.79 Å². The number of aryl methyl sites for hydroxylation is 3. The minimum atomic E-state index is 0.000675. The summed E-state index contributed by atoms with van der Waals surface area (Å²) < 4.78 is 1.69. The van der Waals surface area contributed by atoms with E-state index in [1.807, 2.05) is 50.2 Å². The fourth-order valence-corrected chi connectivity index (χ4v) is 3.24. The molecule has 8 heteroatoms. The lowest BCUT2D eigenvalue weighted by molar-refractivity contribution is -0.116. The summed E-state index contributed by atoms with van der Waals surface area (Å²) >= 11 is 0. The molecule has 2 N–H and O–H groups in total. The SMILES string of the molecule is Cc1cc(NCCCC(=O)Nc2ccc(C)c(C)c2)n2nc(-c3cccnc3)nc2n1. The second-order valence-electron chi connectivity index (χ2n) is 7.55. The number of hydrogen-bond acceptors (Lipinski definition) is 6. The van der Waals surface area contributed by atoms with Gasteiger partial charge in [-0.1, -0.05) is 6.07 Å². The van der Waals surface area contributed by atoms with Gasteiger partial charge in [0.2, 0.25) is 5.91 Å². The van der Waals surface area contributed by atoms with Crippen LogP contribution in [0.4, 0.5) is 11.5 Å². The molecule has 8 nitrogen and oxygen atoms in total. The molecule has 0 atom stereocenters. The fraction of sp³-hybridized carbons (Fsp3) is 0.261. The molecule has 0 saturated carbocycles. The van der Waals surface area contributed by atoms with E-state index in [1.165, 1.54) is 5.56 Å². The Hall–Kier alpha value is -3.81. The van der Waals surface area contributed by atoms with E-state index >= 15 is 0 Å². The lowest BCUT2D eigenvalue weighted by Crippen LogP contribution is -2.14. The van der Waals surface area contributed by atoms with Crippen LogP contribution in [0.1, 0.15) is 29.7 Å². The van der Waals surface area contributed by atoms with Crippen molar-refractivity contribution in [3.63, 3.8) is 0 Å². The highest BCUT2D eigenvalue weighted by Crippen LogP contribution is 2.18. The maximum Gasteiger partial charge on any atom is 0.254 e. The Morgan fingerprint density at radius 1 is 1.06 bits per heavy atom. The number of amides is 1. The molecule has 31 heavy (non-hydrogen) atoms. The molecular weight excluding hydrogens is 390 g/mol. The number of nitrogens with one attached hydrogen (secondary N) is 2. The molecule has 0 bridgehead atoms. The van der Waals surface area contributed by atoms with Gasteiger partial charge in [-0.05, 0) is 62.6 Å². The molecule has 0 spiro atoms. The fourth-order valence-electron chi connectivity index (χ4n) is 3.24. The third-order valence-electron chi connectivity index (χ3n) is 5.04. The van der Waals surface area contributed by atoms with Gasteiger partial charge in [-0.15, -0.1) is 5.10 Å². The van der Waals surface area contributed by atoms with Crippen LogP contribution < -0.4 is 10.6 Å². The van der Waals surface area contributed by atoms with Crippen molar-refractivity contribution in [3.05, 3.63) is 65.6 Å². The van der Waals surface area contributed by atoms with Gasteiger partial charge in [0.25, 0.3) is 5.78 Å². The summed E-state index contributed by atoms with van der Waals surface area (Å²) in [6, 6.07) is 11.6. The molecule has 4 rings (SSSR count). The summed E-state index contributed by atoms with van der Waals surface area (Å²) in [6.07, 6.45) is 4.54. The standard InChI is InChI=1S/C23H25N7O/c1-15-8-9-19(12-16(15)2)27-21(31)7-5-11-25-20-13-17(3)26-23-28-22(29-30(20)23)18-6-4-10-24-14-18/h4,6,8-10,12-14,25H,5,7,11H2,1-3H3,(H,27,31). The zero-order valence-corrected chi connectivity index (χ0v) is 17.9. The monoisotopic (exact) mass is 415 g/mol. The number of nitrogens with zero attached hydrogens (tertiary/aromatic N) is 5. The van der Waals surface area contributed by atoms with E-state index in [1.54, 1.807) is 16.9 Å². The van der Waals surface area contributed by atoms with Crippen LogP contribution in [0.2, 0.25) is 0 Å². The third kappa shape index (κ3) is 4.85. The predicted molar refractivity (Wildman–Crippen MR) is 121 cm³/mol. The van der Waals surface area contributed by atoms with Crippen LogP contribution in [-0.4, -0.2) is 37.0 Å². The molecule has 0 aliphatic rings. The van der Waals surface area contributed by atoms with Gasteiger partial charge in [0.1, 0.15) is 5.82 Å². The van der Waals surface area contributed by atoms with Gasteiger partial charge in [-0.2, -0.15) is 9.50 Å². The van der Waals surface area contributed by atoms with Crippen molar-refractivity contribution in [1.82, 2.24) is 24.6 Å². The van der Waals surface area contributed by atoms with E-state index in [9.17, 15) is 4.79 Å². The molecule has 158 valence electrons. The van der Waals surface area contributed by atoms with Crippen LogP contribution in [0.25, 0.3) is 17.2 Å². The molecule has 4 aromatic rings. The number of anilines is 2. The molecule has 0 saturated heterocycles. The summed E-state index contributed by atoms with van der Waals surface area (Å²) in [5.41, 5.74) is 4.88. The second kappa shape index (κ2) is 8.91. The first-order valence-corrected chi connectivity index (χ1v) is 10.3. The number of fused-ring (bicyclic) bond motifs is 1. The Bertz CT molecular complexity index is 1220. The quantitative estimate of drug-likeness (QED) is 0.444. The van der Waals surface area contributed by atoms with Crippen molar-refractivity contribution >= 4 is 23.2 Å². The largest absolute Gasteiger partial charge is 0.370 e. The number of hydrogen-bond donors (Lipinski definition) is 2. The van der Waals surface area contributed by atoms with Crippen LogP contribution in [0.3, 0.4) is 0 Å². The second-order valence-corrected chi connectivity index (χ2v) is 7.55. The van der Waals surface area contributed by atoms with Crippen molar-refractivity contribution in [3.8, 4) is 11.4 Å². The van der Waals surface area contributed by atoms with Crippen molar-refractivity contribution in [2.45, 2.75) is 33.6 Å². The number of aromatic nitrogens is 5. The van der Waals surface area contributed by atoms with Gasteiger partial charge in [0, 0.05) is 48.4 Å². The Kier molecular flexibility index (Phi) is 5.88. The lowest BCUT2D eigenvalue weighted by Gasteiger charge is -2.10. The minimum Gasteiger partial charge on any atom is -0.370 e. The Labute approximate surface area is 180 Å².